The van der Waals surface area contributed by atoms with Crippen molar-refractivity contribution in [2.45, 2.75) is 19.8 Å². The number of hydrogen-bond acceptors (Lipinski definition) is 3. The average molecular weight is 161 g/mol. The third-order valence-electron chi connectivity index (χ3n) is 1.11. The lowest BCUT2D eigenvalue weighted by molar-refractivity contribution is 0.142. The third kappa shape index (κ3) is 7.12. The number of carbonyl (C=O) groups excluding carboxylic acids is 1. The first-order chi connectivity index (χ1) is 5.31. The Hall–Kier alpha value is -0.770. The minimum Gasteiger partial charge on any atom is -0.450 e. The largest absolute Gasteiger partial charge is 0.450 e. The molecule has 0 saturated carbocycles. The van der Waals surface area contributed by atoms with Gasteiger partial charge in [0.15, 0.2) is 0 Å². The summed E-state index contributed by atoms with van der Waals surface area (Å²) in [7, 11) is 0. The first kappa shape index (κ1) is 10.2. The molecule has 4 nitrogen and oxygen atoms in total. The lowest BCUT2D eigenvalue weighted by Gasteiger charge is -2.03. The Balaban J connectivity index is 3.09. The smallest absolute Gasteiger partial charge is 0.407 e. The van der Waals surface area contributed by atoms with E-state index in [9.17, 15) is 4.79 Å². The number of aliphatic hydroxyl groups is 1. The maximum atomic E-state index is 10.6. The van der Waals surface area contributed by atoms with E-state index in [0.29, 0.717) is 6.61 Å². The van der Waals surface area contributed by atoms with E-state index in [1.54, 1.807) is 0 Å². The quantitative estimate of drug-likeness (QED) is 0.577. The molecule has 0 aliphatic rings. The second kappa shape index (κ2) is 7.34. The summed E-state index contributed by atoms with van der Waals surface area (Å²) in [5, 5.41) is 10.7. The van der Waals surface area contributed by atoms with Crippen molar-refractivity contribution in [1.29, 1.82) is 0 Å². The zero-order valence-corrected chi connectivity index (χ0v) is 6.80. The van der Waals surface area contributed by atoms with Gasteiger partial charge >= 0.3 is 6.09 Å². The first-order valence-corrected chi connectivity index (χ1v) is 3.82. The molecule has 0 aromatic carbocycles. The average Bonchev–Trinajstić information content (AvgIpc) is 2.01. The van der Waals surface area contributed by atoms with Crippen molar-refractivity contribution < 1.29 is 14.6 Å². The van der Waals surface area contributed by atoms with Crippen molar-refractivity contribution in [1.82, 2.24) is 5.32 Å². The predicted octanol–water partition coefficient (Wildman–Crippen LogP) is 0.505. The molecule has 0 aromatic rings. The molecule has 0 saturated heterocycles. The van der Waals surface area contributed by atoms with Crippen LogP contribution in [0.2, 0.25) is 0 Å². The summed E-state index contributed by atoms with van der Waals surface area (Å²) in [5.74, 6) is 0. The fourth-order valence-corrected chi connectivity index (χ4v) is 0.518. The number of aliphatic hydroxyl groups excluding tert-OH is 1. The maximum Gasteiger partial charge on any atom is 0.407 e. The van der Waals surface area contributed by atoms with Crippen molar-refractivity contribution >= 4 is 6.09 Å². The number of amides is 1. The lowest BCUT2D eigenvalue weighted by Crippen LogP contribution is -2.27. The van der Waals surface area contributed by atoms with Gasteiger partial charge < -0.3 is 15.2 Å². The number of nitrogens with one attached hydrogen (secondary N) is 1. The number of carbonyl (C=O) groups is 1. The molecule has 2 N–H and O–H groups in total. The summed E-state index contributed by atoms with van der Waals surface area (Å²) in [6.45, 7) is 2.68. The van der Waals surface area contributed by atoms with E-state index in [0.717, 1.165) is 12.8 Å². The van der Waals surface area contributed by atoms with Gasteiger partial charge in [-0.15, -0.1) is 0 Å². The maximum absolute atomic E-state index is 10.6. The van der Waals surface area contributed by atoms with E-state index in [2.05, 4.69) is 5.32 Å². The molecule has 0 rings (SSSR count). The van der Waals surface area contributed by atoms with E-state index in [4.69, 9.17) is 9.84 Å². The van der Waals surface area contributed by atoms with Gasteiger partial charge in [0, 0.05) is 6.54 Å². The van der Waals surface area contributed by atoms with Gasteiger partial charge in [0.25, 0.3) is 0 Å². The zero-order chi connectivity index (χ0) is 8.53. The monoisotopic (exact) mass is 161 g/mol. The molecule has 0 heterocycles. The molecule has 1 amide bonds. The lowest BCUT2D eigenvalue weighted by atomic mass is 10.4. The molecule has 0 unspecified atom stereocenters. The summed E-state index contributed by atoms with van der Waals surface area (Å²) >= 11 is 0. The SMILES string of the molecule is CCCCOC(=O)NCCO. The van der Waals surface area contributed by atoms with E-state index in [1.165, 1.54) is 0 Å². The second-order valence-electron chi connectivity index (χ2n) is 2.14. The van der Waals surface area contributed by atoms with Crippen LogP contribution in [0.3, 0.4) is 0 Å². The van der Waals surface area contributed by atoms with E-state index in [1.807, 2.05) is 6.92 Å². The summed E-state index contributed by atoms with van der Waals surface area (Å²) < 4.78 is 4.72. The Kier molecular flexibility index (Phi) is 6.82. The molecule has 66 valence electrons. The zero-order valence-electron chi connectivity index (χ0n) is 6.80. The van der Waals surface area contributed by atoms with Gasteiger partial charge in [-0.05, 0) is 6.42 Å². The van der Waals surface area contributed by atoms with Crippen molar-refractivity contribution in [3.63, 3.8) is 0 Å². The van der Waals surface area contributed by atoms with Crippen LogP contribution in [0.15, 0.2) is 0 Å². The van der Waals surface area contributed by atoms with Crippen LogP contribution in [-0.4, -0.2) is 31.0 Å². The van der Waals surface area contributed by atoms with Gasteiger partial charge in [0.2, 0.25) is 0 Å². The molecule has 4 heteroatoms. The van der Waals surface area contributed by atoms with Crippen molar-refractivity contribution in [3.8, 4) is 0 Å². The van der Waals surface area contributed by atoms with Crippen molar-refractivity contribution in [2.75, 3.05) is 19.8 Å². The summed E-state index contributed by atoms with van der Waals surface area (Å²) in [6, 6.07) is 0. The van der Waals surface area contributed by atoms with Crippen LogP contribution in [0.5, 0.6) is 0 Å². The van der Waals surface area contributed by atoms with Crippen LogP contribution < -0.4 is 5.32 Å². The van der Waals surface area contributed by atoms with Crippen LogP contribution in [0.25, 0.3) is 0 Å². The van der Waals surface area contributed by atoms with Crippen molar-refractivity contribution in [3.05, 3.63) is 0 Å². The molecule has 0 aliphatic carbocycles. The van der Waals surface area contributed by atoms with Crippen LogP contribution in [0.1, 0.15) is 19.8 Å². The highest BCUT2D eigenvalue weighted by molar-refractivity contribution is 5.66. The predicted molar refractivity (Wildman–Crippen MR) is 41.3 cm³/mol. The number of alkyl carbamates (subject to hydrolysis) is 1. The molecule has 0 aromatic heterocycles. The highest BCUT2D eigenvalue weighted by atomic mass is 16.5. The Labute approximate surface area is 66.5 Å². The van der Waals surface area contributed by atoms with E-state index < -0.39 is 6.09 Å². The van der Waals surface area contributed by atoms with Crippen LogP contribution in [0.4, 0.5) is 4.79 Å². The normalized spacial score (nSPS) is 9.27. The minimum atomic E-state index is -0.451. The van der Waals surface area contributed by atoms with Gasteiger partial charge in [-0.3, -0.25) is 0 Å². The van der Waals surface area contributed by atoms with Gasteiger partial charge in [-0.1, -0.05) is 13.3 Å². The molecular weight excluding hydrogens is 146 g/mol. The molecule has 11 heavy (non-hydrogen) atoms. The van der Waals surface area contributed by atoms with E-state index in [-0.39, 0.29) is 13.2 Å². The summed E-state index contributed by atoms with van der Waals surface area (Å²) in [4.78, 5) is 10.6. The number of unbranched alkanes of at least 4 members (excludes halogenated alkanes) is 1. The van der Waals surface area contributed by atoms with E-state index >= 15 is 0 Å². The minimum absolute atomic E-state index is 0.0527. The molecule has 0 aliphatic heterocycles. The molecular formula is C7H15NO3. The van der Waals surface area contributed by atoms with Crippen LogP contribution in [0, 0.1) is 0 Å². The van der Waals surface area contributed by atoms with Crippen LogP contribution >= 0.6 is 0 Å². The molecule has 0 spiro atoms. The van der Waals surface area contributed by atoms with Gasteiger partial charge in [0.05, 0.1) is 13.2 Å². The van der Waals surface area contributed by atoms with Gasteiger partial charge in [-0.2, -0.15) is 0 Å². The van der Waals surface area contributed by atoms with Crippen molar-refractivity contribution in [2.24, 2.45) is 0 Å². The second-order valence-corrected chi connectivity index (χ2v) is 2.14. The Morgan fingerprint density at radius 3 is 2.91 bits per heavy atom. The molecule has 0 atom stereocenters. The van der Waals surface area contributed by atoms with Gasteiger partial charge in [-0.25, -0.2) is 4.79 Å². The van der Waals surface area contributed by atoms with Crippen LogP contribution in [-0.2, 0) is 4.74 Å². The number of rotatable bonds is 5. The number of hydrogen-bond donors (Lipinski definition) is 2. The fraction of sp³-hybridized carbons (Fsp3) is 0.857. The topological polar surface area (TPSA) is 58.6 Å². The highest BCUT2D eigenvalue weighted by Gasteiger charge is 1.97. The highest BCUT2D eigenvalue weighted by Crippen LogP contribution is 1.87. The first-order valence-electron chi connectivity index (χ1n) is 3.82. The summed E-state index contributed by atoms with van der Waals surface area (Å²) in [6.07, 6.45) is 1.44. The van der Waals surface area contributed by atoms with Gasteiger partial charge in [0.1, 0.15) is 0 Å². The third-order valence-corrected chi connectivity index (χ3v) is 1.11. The fourth-order valence-electron chi connectivity index (χ4n) is 0.518. The molecule has 0 fully saturated rings. The Morgan fingerprint density at radius 2 is 2.36 bits per heavy atom. The Bertz CT molecular complexity index is 106. The summed E-state index contributed by atoms with van der Waals surface area (Å²) in [5.41, 5.74) is 0. The molecule has 0 bridgehead atoms. The Morgan fingerprint density at radius 1 is 1.64 bits per heavy atom. The standard InChI is InChI=1S/C7H15NO3/c1-2-3-6-11-7(10)8-4-5-9/h9H,2-6H2,1H3,(H,8,10). The molecule has 0 radical (unpaired) electrons. The number of ether oxygens (including phenoxy) is 1.